The second-order valence-corrected chi connectivity index (χ2v) is 9.70. The van der Waals surface area contributed by atoms with E-state index in [0.717, 1.165) is 24.8 Å². The van der Waals surface area contributed by atoms with Gasteiger partial charge in [0.2, 0.25) is 0 Å². The highest BCUT2D eigenvalue weighted by molar-refractivity contribution is 7.80. The number of nitriles is 1. The molecular formula is C22H17Cl2N3O2S2. The van der Waals surface area contributed by atoms with E-state index in [2.05, 4.69) is 23.6 Å². The molecule has 3 aromatic rings. The van der Waals surface area contributed by atoms with Crippen LogP contribution >= 0.6 is 46.8 Å². The average Bonchev–Trinajstić information content (AvgIpc) is 3.34. The third-order valence-electron chi connectivity index (χ3n) is 5.11. The van der Waals surface area contributed by atoms with Gasteiger partial charge in [-0.05, 0) is 73.3 Å². The van der Waals surface area contributed by atoms with E-state index in [0.29, 0.717) is 37.9 Å². The van der Waals surface area contributed by atoms with Crippen molar-refractivity contribution in [3.63, 3.8) is 0 Å². The number of rotatable bonds is 3. The van der Waals surface area contributed by atoms with Gasteiger partial charge in [0.1, 0.15) is 16.8 Å². The first-order valence-corrected chi connectivity index (χ1v) is 11.6. The summed E-state index contributed by atoms with van der Waals surface area (Å²) in [6, 6.07) is 10.6. The van der Waals surface area contributed by atoms with Gasteiger partial charge in [-0.1, -0.05) is 30.1 Å². The molecule has 0 saturated carbocycles. The van der Waals surface area contributed by atoms with E-state index in [1.54, 1.807) is 30.3 Å². The van der Waals surface area contributed by atoms with Crippen LogP contribution in [0.5, 0.6) is 0 Å². The molecule has 1 amide bonds. The van der Waals surface area contributed by atoms with Crippen molar-refractivity contribution in [2.75, 3.05) is 5.32 Å². The number of thiocarbonyl (C=S) groups is 1. The van der Waals surface area contributed by atoms with Crippen LogP contribution in [0.25, 0.3) is 11.3 Å². The van der Waals surface area contributed by atoms with E-state index in [9.17, 15) is 10.1 Å². The van der Waals surface area contributed by atoms with Crippen molar-refractivity contribution < 1.29 is 9.21 Å². The van der Waals surface area contributed by atoms with Gasteiger partial charge in [-0.3, -0.25) is 10.1 Å². The zero-order chi connectivity index (χ0) is 22.1. The molecule has 0 aliphatic heterocycles. The summed E-state index contributed by atoms with van der Waals surface area (Å²) in [5.41, 5.74) is 2.41. The number of amides is 1. The molecule has 2 aromatic heterocycles. The summed E-state index contributed by atoms with van der Waals surface area (Å²) < 4.78 is 5.65. The Morgan fingerprint density at radius 1 is 1.29 bits per heavy atom. The fourth-order valence-electron chi connectivity index (χ4n) is 3.52. The lowest BCUT2D eigenvalue weighted by molar-refractivity contribution is 0.0951. The Balaban J connectivity index is 1.45. The van der Waals surface area contributed by atoms with Crippen LogP contribution in [0.15, 0.2) is 34.7 Å². The average molecular weight is 490 g/mol. The van der Waals surface area contributed by atoms with Gasteiger partial charge in [-0.25, -0.2) is 0 Å². The third kappa shape index (κ3) is 4.63. The minimum absolute atomic E-state index is 0.102. The summed E-state index contributed by atoms with van der Waals surface area (Å²) in [5, 5.41) is 16.8. The number of nitrogens with zero attached hydrogens (tertiary/aromatic N) is 1. The van der Waals surface area contributed by atoms with Crippen molar-refractivity contribution >= 4 is 62.8 Å². The molecule has 0 saturated heterocycles. The molecule has 31 heavy (non-hydrogen) atoms. The Labute approximate surface area is 199 Å². The predicted octanol–water partition coefficient (Wildman–Crippen LogP) is 6.44. The molecule has 158 valence electrons. The fraction of sp³-hybridized carbons (Fsp3) is 0.227. The van der Waals surface area contributed by atoms with Gasteiger partial charge >= 0.3 is 0 Å². The number of nitrogens with one attached hydrogen (secondary N) is 2. The van der Waals surface area contributed by atoms with Gasteiger partial charge in [0.15, 0.2) is 10.9 Å². The van der Waals surface area contributed by atoms with Crippen LogP contribution in [-0.2, 0) is 12.8 Å². The van der Waals surface area contributed by atoms with Crippen LogP contribution in [0.4, 0.5) is 5.00 Å². The summed E-state index contributed by atoms with van der Waals surface area (Å²) >= 11 is 18.8. The molecule has 9 heteroatoms. The fourth-order valence-corrected chi connectivity index (χ4v) is 5.44. The zero-order valence-corrected chi connectivity index (χ0v) is 19.6. The number of halogens is 2. The molecular weight excluding hydrogens is 473 g/mol. The standard InChI is InChI=1S/C22H17Cl2N3O2S2/c1-11-2-4-13-14(10-25)21(31-19(13)8-11)27-22(30)26-20(28)18-7-6-17(29-18)12-3-5-15(23)16(24)9-12/h3,5-7,9,11H,2,4,8H2,1H3,(H2,26,27,28,30)/t11-/m0/s1. The maximum Gasteiger partial charge on any atom is 0.293 e. The monoisotopic (exact) mass is 489 g/mol. The molecule has 2 N–H and O–H groups in total. The first-order valence-electron chi connectivity index (χ1n) is 9.58. The van der Waals surface area contributed by atoms with E-state index in [1.165, 1.54) is 16.2 Å². The molecule has 1 aromatic carbocycles. The smallest absolute Gasteiger partial charge is 0.293 e. The Hall–Kier alpha value is -2.37. The topological polar surface area (TPSA) is 78.1 Å². The lowest BCUT2D eigenvalue weighted by Gasteiger charge is -2.17. The maximum absolute atomic E-state index is 12.6. The molecule has 4 rings (SSSR count). The molecule has 5 nitrogen and oxygen atoms in total. The predicted molar refractivity (Wildman–Crippen MR) is 128 cm³/mol. The number of carbonyl (C=O) groups excluding carboxylic acids is 1. The van der Waals surface area contributed by atoms with Crippen molar-refractivity contribution in [2.24, 2.45) is 5.92 Å². The normalized spacial score (nSPS) is 15.1. The zero-order valence-electron chi connectivity index (χ0n) is 16.4. The quantitative estimate of drug-likeness (QED) is 0.413. The number of fused-ring (bicyclic) bond motifs is 1. The lowest BCUT2D eigenvalue weighted by atomic mass is 9.89. The minimum Gasteiger partial charge on any atom is -0.451 e. The summed E-state index contributed by atoms with van der Waals surface area (Å²) in [6.07, 6.45) is 2.92. The van der Waals surface area contributed by atoms with E-state index in [1.807, 2.05) is 0 Å². The van der Waals surface area contributed by atoms with Crippen LogP contribution < -0.4 is 10.6 Å². The molecule has 0 radical (unpaired) electrons. The molecule has 0 unspecified atom stereocenters. The Bertz CT molecular complexity index is 1230. The summed E-state index contributed by atoms with van der Waals surface area (Å²) in [7, 11) is 0. The molecule has 1 atom stereocenters. The van der Waals surface area contributed by atoms with E-state index < -0.39 is 5.91 Å². The molecule has 1 aliphatic rings. The van der Waals surface area contributed by atoms with Gasteiger partial charge in [-0.15, -0.1) is 11.3 Å². The van der Waals surface area contributed by atoms with Gasteiger partial charge in [0.05, 0.1) is 15.6 Å². The van der Waals surface area contributed by atoms with Crippen molar-refractivity contribution in [2.45, 2.75) is 26.2 Å². The molecule has 2 heterocycles. The molecule has 1 aliphatic carbocycles. The van der Waals surface area contributed by atoms with Crippen LogP contribution in [-0.4, -0.2) is 11.0 Å². The Kier molecular flexibility index (Phi) is 6.35. The number of hydrogen-bond acceptors (Lipinski definition) is 5. The van der Waals surface area contributed by atoms with Gasteiger partial charge in [-0.2, -0.15) is 5.26 Å². The number of thiophene rings is 1. The molecule has 0 bridgehead atoms. The highest BCUT2D eigenvalue weighted by atomic mass is 35.5. The Morgan fingerprint density at radius 2 is 2.10 bits per heavy atom. The SMILES string of the molecule is C[C@H]1CCc2c(sc(NC(=S)NC(=O)c3ccc(-c4ccc(Cl)c(Cl)c4)o3)c2C#N)C1. The van der Waals surface area contributed by atoms with E-state index in [4.69, 9.17) is 39.8 Å². The second-order valence-electron chi connectivity index (χ2n) is 7.37. The Morgan fingerprint density at radius 3 is 2.84 bits per heavy atom. The van der Waals surface area contributed by atoms with Gasteiger partial charge < -0.3 is 9.73 Å². The first-order chi connectivity index (χ1) is 14.9. The summed E-state index contributed by atoms with van der Waals surface area (Å²) in [6.45, 7) is 2.21. The maximum atomic E-state index is 12.6. The summed E-state index contributed by atoms with van der Waals surface area (Å²) in [4.78, 5) is 13.8. The van der Waals surface area contributed by atoms with Crippen molar-refractivity contribution in [3.05, 3.63) is 62.1 Å². The van der Waals surface area contributed by atoms with Crippen LogP contribution in [0.1, 0.15) is 39.9 Å². The molecule has 0 fully saturated rings. The van der Waals surface area contributed by atoms with Crippen molar-refractivity contribution in [3.8, 4) is 17.4 Å². The van der Waals surface area contributed by atoms with E-state index >= 15 is 0 Å². The highest BCUT2D eigenvalue weighted by Crippen LogP contribution is 2.39. The van der Waals surface area contributed by atoms with Gasteiger partial charge in [0.25, 0.3) is 5.91 Å². The first kappa shape index (κ1) is 21.8. The number of carbonyl (C=O) groups is 1. The lowest BCUT2D eigenvalue weighted by Crippen LogP contribution is -2.33. The van der Waals surface area contributed by atoms with Crippen LogP contribution in [0.2, 0.25) is 10.0 Å². The number of anilines is 1. The second kappa shape index (κ2) is 9.01. The number of benzene rings is 1. The van der Waals surface area contributed by atoms with Crippen LogP contribution in [0.3, 0.4) is 0 Å². The largest absolute Gasteiger partial charge is 0.451 e. The summed E-state index contributed by atoms with van der Waals surface area (Å²) in [5.74, 6) is 0.692. The molecule has 0 spiro atoms. The van der Waals surface area contributed by atoms with Gasteiger partial charge in [0, 0.05) is 10.4 Å². The third-order valence-corrected chi connectivity index (χ3v) is 7.22. The minimum atomic E-state index is -0.489. The van der Waals surface area contributed by atoms with Crippen molar-refractivity contribution in [1.29, 1.82) is 5.26 Å². The van der Waals surface area contributed by atoms with E-state index in [-0.39, 0.29) is 10.9 Å². The highest BCUT2D eigenvalue weighted by Gasteiger charge is 2.24. The number of furan rings is 1. The number of hydrogen-bond donors (Lipinski definition) is 2. The van der Waals surface area contributed by atoms with Crippen molar-refractivity contribution in [1.82, 2.24) is 5.32 Å². The van der Waals surface area contributed by atoms with Crippen LogP contribution in [0, 0.1) is 17.2 Å².